The van der Waals surface area contributed by atoms with E-state index in [9.17, 15) is 0 Å². The minimum Gasteiger partial charge on any atom is -0.420 e. The Morgan fingerprint density at radius 1 is 1.07 bits per heavy atom. The van der Waals surface area contributed by atoms with Gasteiger partial charge in [-0.15, -0.1) is 11.3 Å². The number of nitrogens with zero attached hydrogens (tertiary/aromatic N) is 3. The summed E-state index contributed by atoms with van der Waals surface area (Å²) in [4.78, 5) is 6.22. The van der Waals surface area contributed by atoms with Gasteiger partial charge < -0.3 is 10.5 Å². The standard InChI is InChI=1S/C24H22N4OS/c1-14-19-20(18-12-7-13-30-18)21-22(25)16-10-5-6-11-17(16)26-23(21)29-24(19)28(27-14)15-8-3-2-4-9-15/h2-4,7-9,12-13,20H,5-6,10-11H2,1H3,(H2,25,26). The van der Waals surface area contributed by atoms with Crippen molar-refractivity contribution < 1.29 is 4.74 Å². The number of aromatic nitrogens is 3. The molecule has 1 unspecified atom stereocenters. The first-order valence-electron chi connectivity index (χ1n) is 10.4. The predicted molar refractivity (Wildman–Crippen MR) is 119 cm³/mol. The van der Waals surface area contributed by atoms with Crippen LogP contribution in [0.5, 0.6) is 11.8 Å². The van der Waals surface area contributed by atoms with Crippen molar-refractivity contribution in [2.24, 2.45) is 0 Å². The fourth-order valence-electron chi connectivity index (χ4n) is 4.79. The van der Waals surface area contributed by atoms with E-state index in [0.717, 1.165) is 59.0 Å². The lowest BCUT2D eigenvalue weighted by Crippen LogP contribution is -2.19. The van der Waals surface area contributed by atoms with E-state index in [-0.39, 0.29) is 5.92 Å². The van der Waals surface area contributed by atoms with Crippen LogP contribution in [0.1, 0.15) is 51.7 Å². The average molecular weight is 415 g/mol. The molecule has 0 bridgehead atoms. The second-order valence-corrected chi connectivity index (χ2v) is 8.96. The van der Waals surface area contributed by atoms with Gasteiger partial charge in [0.05, 0.1) is 28.4 Å². The van der Waals surface area contributed by atoms with Crippen molar-refractivity contribution in [2.75, 3.05) is 5.73 Å². The minimum atomic E-state index is -0.0130. The number of hydrogen-bond donors (Lipinski definition) is 1. The van der Waals surface area contributed by atoms with E-state index in [1.54, 1.807) is 11.3 Å². The number of hydrogen-bond acceptors (Lipinski definition) is 5. The Labute approximate surface area is 179 Å². The van der Waals surface area contributed by atoms with Crippen molar-refractivity contribution in [1.29, 1.82) is 0 Å². The molecule has 30 heavy (non-hydrogen) atoms. The van der Waals surface area contributed by atoms with Gasteiger partial charge in [-0.3, -0.25) is 0 Å². The highest BCUT2D eigenvalue weighted by Gasteiger charge is 2.39. The van der Waals surface area contributed by atoms with Gasteiger partial charge >= 0.3 is 0 Å². The number of para-hydroxylation sites is 1. The number of pyridine rings is 1. The molecule has 0 fully saturated rings. The Kier molecular flexibility index (Phi) is 3.96. The van der Waals surface area contributed by atoms with Crippen LogP contribution in [0.4, 0.5) is 5.69 Å². The van der Waals surface area contributed by atoms with Gasteiger partial charge in [-0.1, -0.05) is 24.3 Å². The third-order valence-electron chi connectivity index (χ3n) is 6.18. The first-order valence-corrected chi connectivity index (χ1v) is 11.3. The summed E-state index contributed by atoms with van der Waals surface area (Å²) in [5.41, 5.74) is 14.0. The van der Waals surface area contributed by atoms with Gasteiger partial charge in [0.25, 0.3) is 0 Å². The number of anilines is 1. The number of nitrogen functional groups attached to an aromatic ring is 1. The maximum absolute atomic E-state index is 6.80. The molecule has 0 spiro atoms. The average Bonchev–Trinajstić information content (AvgIpc) is 3.42. The van der Waals surface area contributed by atoms with Crippen LogP contribution in [-0.2, 0) is 12.8 Å². The minimum absolute atomic E-state index is 0.0130. The Bertz CT molecular complexity index is 1240. The monoisotopic (exact) mass is 414 g/mol. The summed E-state index contributed by atoms with van der Waals surface area (Å²) >= 11 is 1.74. The molecule has 0 saturated heterocycles. The highest BCUT2D eigenvalue weighted by molar-refractivity contribution is 7.10. The van der Waals surface area contributed by atoms with E-state index >= 15 is 0 Å². The van der Waals surface area contributed by atoms with Crippen LogP contribution >= 0.6 is 11.3 Å². The normalized spacial score (nSPS) is 17.0. The molecule has 3 aromatic heterocycles. The Morgan fingerprint density at radius 3 is 2.70 bits per heavy atom. The topological polar surface area (TPSA) is 66.0 Å². The summed E-state index contributed by atoms with van der Waals surface area (Å²) in [6.07, 6.45) is 4.27. The largest absolute Gasteiger partial charge is 0.420 e. The summed E-state index contributed by atoms with van der Waals surface area (Å²) in [6, 6.07) is 14.4. The molecule has 4 aromatic rings. The molecule has 4 heterocycles. The zero-order chi connectivity index (χ0) is 20.2. The first-order chi connectivity index (χ1) is 14.7. The highest BCUT2D eigenvalue weighted by atomic mass is 32.1. The molecular weight excluding hydrogens is 392 g/mol. The van der Waals surface area contributed by atoms with E-state index in [1.165, 1.54) is 16.9 Å². The van der Waals surface area contributed by atoms with Crippen LogP contribution in [0, 0.1) is 6.92 Å². The molecule has 0 radical (unpaired) electrons. The lowest BCUT2D eigenvalue weighted by Gasteiger charge is -2.29. The number of ether oxygens (including phenoxy) is 1. The van der Waals surface area contributed by atoms with Crippen molar-refractivity contribution in [3.05, 3.63) is 80.8 Å². The SMILES string of the molecule is Cc1nn(-c2ccccc2)c2c1C(c1cccs1)c1c(nc3c(c1N)CCCC3)O2. The third-order valence-corrected chi connectivity index (χ3v) is 7.12. The van der Waals surface area contributed by atoms with Gasteiger partial charge in [0, 0.05) is 16.3 Å². The van der Waals surface area contributed by atoms with Crippen LogP contribution in [0.2, 0.25) is 0 Å². The molecule has 1 aromatic carbocycles. The van der Waals surface area contributed by atoms with Crippen molar-refractivity contribution in [1.82, 2.24) is 14.8 Å². The molecule has 2 N–H and O–H groups in total. The zero-order valence-electron chi connectivity index (χ0n) is 16.8. The summed E-state index contributed by atoms with van der Waals surface area (Å²) in [5.74, 6) is 1.37. The summed E-state index contributed by atoms with van der Waals surface area (Å²) < 4.78 is 8.37. The second kappa shape index (κ2) is 6.71. The van der Waals surface area contributed by atoms with Crippen molar-refractivity contribution >= 4 is 17.0 Å². The van der Waals surface area contributed by atoms with Gasteiger partial charge in [0.15, 0.2) is 0 Å². The first kappa shape index (κ1) is 17.7. The maximum Gasteiger partial charge on any atom is 0.229 e. The van der Waals surface area contributed by atoms with Crippen LogP contribution in [0.15, 0.2) is 47.8 Å². The number of rotatable bonds is 2. The Morgan fingerprint density at radius 2 is 1.90 bits per heavy atom. The number of benzene rings is 1. The van der Waals surface area contributed by atoms with Gasteiger partial charge in [-0.2, -0.15) is 5.10 Å². The number of fused-ring (bicyclic) bond motifs is 3. The number of thiophene rings is 1. The Hall–Kier alpha value is -3.12. The lowest BCUT2D eigenvalue weighted by molar-refractivity contribution is 0.401. The van der Waals surface area contributed by atoms with E-state index in [2.05, 4.69) is 24.4 Å². The predicted octanol–water partition coefficient (Wildman–Crippen LogP) is 5.38. The fourth-order valence-corrected chi connectivity index (χ4v) is 5.63. The van der Waals surface area contributed by atoms with Crippen molar-refractivity contribution in [2.45, 2.75) is 38.5 Å². The van der Waals surface area contributed by atoms with Crippen LogP contribution in [0.3, 0.4) is 0 Å². The zero-order valence-corrected chi connectivity index (χ0v) is 17.6. The van der Waals surface area contributed by atoms with Gasteiger partial charge in [0.1, 0.15) is 0 Å². The molecular formula is C24H22N4OS. The molecule has 1 aliphatic heterocycles. The van der Waals surface area contributed by atoms with E-state index < -0.39 is 0 Å². The molecule has 1 aliphatic carbocycles. The summed E-state index contributed by atoms with van der Waals surface area (Å²) in [5, 5.41) is 6.97. The second-order valence-electron chi connectivity index (χ2n) is 7.98. The Balaban J connectivity index is 1.63. The van der Waals surface area contributed by atoms with Gasteiger partial charge in [0.2, 0.25) is 11.8 Å². The van der Waals surface area contributed by atoms with Crippen LogP contribution < -0.4 is 10.5 Å². The van der Waals surface area contributed by atoms with Gasteiger partial charge in [-0.05, 0) is 61.7 Å². The molecule has 0 amide bonds. The molecule has 0 saturated carbocycles. The van der Waals surface area contributed by atoms with Gasteiger partial charge in [-0.25, -0.2) is 9.67 Å². The van der Waals surface area contributed by atoms with Crippen molar-refractivity contribution in [3.8, 4) is 17.4 Å². The third kappa shape index (κ3) is 2.53. The molecule has 5 nitrogen and oxygen atoms in total. The molecule has 6 rings (SSSR count). The van der Waals surface area contributed by atoms with Crippen LogP contribution in [0.25, 0.3) is 5.69 Å². The van der Waals surface area contributed by atoms with E-state index in [4.69, 9.17) is 20.6 Å². The summed E-state index contributed by atoms with van der Waals surface area (Å²) in [6.45, 7) is 2.05. The van der Waals surface area contributed by atoms with E-state index in [1.807, 2.05) is 35.0 Å². The molecule has 150 valence electrons. The molecule has 6 heteroatoms. The maximum atomic E-state index is 6.80. The van der Waals surface area contributed by atoms with E-state index in [0.29, 0.717) is 5.88 Å². The number of aryl methyl sites for hydroxylation is 2. The quantitative estimate of drug-likeness (QED) is 0.421. The highest BCUT2D eigenvalue weighted by Crippen LogP contribution is 2.52. The number of nitrogens with two attached hydrogens (primary N) is 1. The lowest BCUT2D eigenvalue weighted by atomic mass is 9.84. The summed E-state index contributed by atoms with van der Waals surface area (Å²) in [7, 11) is 0. The van der Waals surface area contributed by atoms with Crippen LogP contribution in [-0.4, -0.2) is 14.8 Å². The molecule has 2 aliphatic rings. The smallest absolute Gasteiger partial charge is 0.229 e. The fraction of sp³-hybridized carbons (Fsp3) is 0.250. The molecule has 1 atom stereocenters. The van der Waals surface area contributed by atoms with Crippen molar-refractivity contribution in [3.63, 3.8) is 0 Å².